The van der Waals surface area contributed by atoms with E-state index in [0.29, 0.717) is 0 Å². The fraction of sp³-hybridized carbons (Fsp3) is 0.778. The third-order valence-corrected chi connectivity index (χ3v) is 8.34. The van der Waals surface area contributed by atoms with E-state index in [4.69, 9.17) is 0 Å². The molecule has 0 saturated heterocycles. The number of aliphatic carboxylic acids is 1. The Hall–Kier alpha value is -2.08. The number of hydrogen-bond donors (Lipinski definition) is 1. The summed E-state index contributed by atoms with van der Waals surface area (Å²) >= 11 is 0. The highest BCUT2D eigenvalue weighted by Gasteiger charge is 3.25. The Bertz CT molecular complexity index is 829. The molecule has 6 saturated carbocycles. The standard InChI is InChI=1S/C18H19N3O3/c1-7(2)21(8(3)4)13(22)18-9-10-15(5-19)11(9)17(18,14(23)24)12(15)16(10,18)6-20/h7-12H,1-4H3,(H,23,24). The van der Waals surface area contributed by atoms with Crippen LogP contribution >= 0.6 is 0 Å². The van der Waals surface area contributed by atoms with Gasteiger partial charge in [0.25, 0.3) is 0 Å². The monoisotopic (exact) mass is 325 g/mol. The van der Waals surface area contributed by atoms with E-state index in [1.54, 1.807) is 4.90 Å². The van der Waals surface area contributed by atoms with E-state index in [1.807, 2.05) is 27.7 Å². The minimum Gasteiger partial charge on any atom is -0.481 e. The third-order valence-electron chi connectivity index (χ3n) is 8.34. The highest BCUT2D eigenvalue weighted by Crippen LogP contribution is 3.18. The van der Waals surface area contributed by atoms with E-state index in [9.17, 15) is 25.2 Å². The number of nitriles is 2. The highest BCUT2D eigenvalue weighted by atomic mass is 16.4. The lowest BCUT2D eigenvalue weighted by Gasteiger charge is -3.13. The number of carboxylic acid groups (broad SMARTS) is 1. The summed E-state index contributed by atoms with van der Waals surface area (Å²) in [5.74, 6) is -1.98. The summed E-state index contributed by atoms with van der Waals surface area (Å²) in [5.41, 5.74) is -3.76. The van der Waals surface area contributed by atoms with E-state index in [0.717, 1.165) is 0 Å². The molecule has 1 amide bonds. The maximum Gasteiger partial charge on any atom is 0.311 e. The van der Waals surface area contributed by atoms with Gasteiger partial charge in [0.15, 0.2) is 0 Å². The topological polar surface area (TPSA) is 105 Å². The number of carboxylic acids is 1. The SMILES string of the molecule is CC(C)N(C(=O)C12C3C4C5(C#N)C3C1(C(=O)O)C5C42C#N)C(C)C. The Morgan fingerprint density at radius 3 is 2.08 bits per heavy atom. The Balaban J connectivity index is 1.67. The lowest BCUT2D eigenvalue weighted by Crippen LogP contribution is -3.20. The lowest BCUT2D eigenvalue weighted by atomic mass is 8.84. The molecule has 6 aliphatic carbocycles. The molecule has 8 unspecified atom stereocenters. The van der Waals surface area contributed by atoms with Gasteiger partial charge in [0.2, 0.25) is 5.91 Å². The molecule has 6 rings (SSSR count). The van der Waals surface area contributed by atoms with E-state index >= 15 is 0 Å². The Labute approximate surface area is 140 Å². The van der Waals surface area contributed by atoms with Crippen LogP contribution in [0.4, 0.5) is 0 Å². The van der Waals surface area contributed by atoms with Crippen LogP contribution in [0.3, 0.4) is 0 Å². The molecule has 0 aliphatic heterocycles. The Morgan fingerprint density at radius 2 is 1.67 bits per heavy atom. The minimum absolute atomic E-state index is 0.0513. The van der Waals surface area contributed by atoms with Crippen LogP contribution in [0.1, 0.15) is 27.7 Å². The molecule has 24 heavy (non-hydrogen) atoms. The Morgan fingerprint density at radius 1 is 1.08 bits per heavy atom. The van der Waals surface area contributed by atoms with Crippen molar-refractivity contribution in [1.29, 1.82) is 10.5 Å². The molecule has 1 N–H and O–H groups in total. The largest absolute Gasteiger partial charge is 0.481 e. The van der Waals surface area contributed by atoms with Gasteiger partial charge in [-0.2, -0.15) is 10.5 Å². The fourth-order valence-electron chi connectivity index (χ4n) is 8.51. The molecule has 6 heteroatoms. The summed E-state index contributed by atoms with van der Waals surface area (Å²) in [6.07, 6.45) is 0. The zero-order chi connectivity index (χ0) is 17.6. The molecule has 0 aromatic heterocycles. The summed E-state index contributed by atoms with van der Waals surface area (Å²) in [6.45, 7) is 7.68. The van der Waals surface area contributed by atoms with Crippen molar-refractivity contribution >= 4 is 11.9 Å². The second kappa shape index (κ2) is 3.20. The number of hydrogen-bond acceptors (Lipinski definition) is 4. The van der Waals surface area contributed by atoms with Crippen LogP contribution in [0.5, 0.6) is 0 Å². The van der Waals surface area contributed by atoms with Crippen molar-refractivity contribution in [2.24, 2.45) is 45.3 Å². The van der Waals surface area contributed by atoms with Crippen LogP contribution in [0.15, 0.2) is 0 Å². The summed E-state index contributed by atoms with van der Waals surface area (Å²) in [7, 11) is 0. The van der Waals surface area contributed by atoms with Gasteiger partial charge in [0.05, 0.1) is 33.8 Å². The van der Waals surface area contributed by atoms with Gasteiger partial charge in [-0.15, -0.1) is 0 Å². The predicted molar refractivity (Wildman–Crippen MR) is 79.7 cm³/mol. The predicted octanol–water partition coefficient (Wildman–Crippen LogP) is 1.24. The molecule has 6 nitrogen and oxygen atoms in total. The van der Waals surface area contributed by atoms with E-state index < -0.39 is 33.5 Å². The number of carbonyl (C=O) groups excluding carboxylic acids is 1. The van der Waals surface area contributed by atoms with Gasteiger partial charge in [0, 0.05) is 29.8 Å². The zero-order valence-electron chi connectivity index (χ0n) is 14.1. The van der Waals surface area contributed by atoms with Crippen molar-refractivity contribution in [3.63, 3.8) is 0 Å². The second-order valence-electron chi connectivity index (χ2n) is 8.82. The average molecular weight is 325 g/mol. The van der Waals surface area contributed by atoms with Crippen molar-refractivity contribution < 1.29 is 14.7 Å². The van der Waals surface area contributed by atoms with Gasteiger partial charge in [-0.25, -0.2) is 0 Å². The molecule has 0 aromatic rings. The third kappa shape index (κ3) is 0.686. The highest BCUT2D eigenvalue weighted by molar-refractivity contribution is 6.06. The van der Waals surface area contributed by atoms with Gasteiger partial charge >= 0.3 is 5.97 Å². The summed E-state index contributed by atoms with van der Waals surface area (Å²) in [6, 6.07) is 4.54. The van der Waals surface area contributed by atoms with Gasteiger partial charge in [-0.1, -0.05) is 0 Å². The normalized spacial score (nSPS) is 55.7. The van der Waals surface area contributed by atoms with Gasteiger partial charge in [-0.3, -0.25) is 9.59 Å². The average Bonchev–Trinajstić information content (AvgIpc) is 2.51. The van der Waals surface area contributed by atoms with Crippen molar-refractivity contribution in [3.8, 4) is 12.1 Å². The molecule has 6 aliphatic rings. The smallest absolute Gasteiger partial charge is 0.311 e. The maximum absolute atomic E-state index is 13.5. The summed E-state index contributed by atoms with van der Waals surface area (Å²) in [5, 5.41) is 29.4. The van der Waals surface area contributed by atoms with Crippen molar-refractivity contribution in [1.82, 2.24) is 4.90 Å². The van der Waals surface area contributed by atoms with Crippen LogP contribution < -0.4 is 0 Å². The summed E-state index contributed by atoms with van der Waals surface area (Å²) in [4.78, 5) is 27.4. The lowest BCUT2D eigenvalue weighted by molar-refractivity contribution is -0.682. The van der Waals surface area contributed by atoms with E-state index in [1.165, 1.54) is 0 Å². The van der Waals surface area contributed by atoms with Gasteiger partial charge in [0.1, 0.15) is 0 Å². The maximum atomic E-state index is 13.5. The van der Waals surface area contributed by atoms with Crippen LogP contribution in [0.25, 0.3) is 0 Å². The first-order valence-electron chi connectivity index (χ1n) is 8.60. The van der Waals surface area contributed by atoms with Crippen molar-refractivity contribution in [3.05, 3.63) is 0 Å². The van der Waals surface area contributed by atoms with Crippen molar-refractivity contribution in [2.75, 3.05) is 0 Å². The van der Waals surface area contributed by atoms with E-state index in [2.05, 4.69) is 12.1 Å². The van der Waals surface area contributed by atoms with Crippen LogP contribution in [0, 0.1) is 68.0 Å². The molecule has 124 valence electrons. The molecule has 8 atom stereocenters. The molecule has 0 radical (unpaired) electrons. The first kappa shape index (κ1) is 14.3. The fourth-order valence-corrected chi connectivity index (χ4v) is 8.51. The van der Waals surface area contributed by atoms with Crippen LogP contribution in [-0.2, 0) is 9.59 Å². The molecule has 0 spiro atoms. The second-order valence-corrected chi connectivity index (χ2v) is 8.82. The molecule has 0 bridgehead atoms. The minimum atomic E-state index is -1.16. The van der Waals surface area contributed by atoms with Gasteiger partial charge in [-0.05, 0) is 33.6 Å². The summed E-state index contributed by atoms with van der Waals surface area (Å²) < 4.78 is 0. The molecular weight excluding hydrogens is 306 g/mol. The number of nitrogens with zero attached hydrogens (tertiary/aromatic N) is 3. The van der Waals surface area contributed by atoms with Crippen LogP contribution in [-0.4, -0.2) is 34.0 Å². The molecule has 0 heterocycles. The van der Waals surface area contributed by atoms with Crippen LogP contribution in [0.2, 0.25) is 0 Å². The van der Waals surface area contributed by atoms with E-state index in [-0.39, 0.29) is 35.7 Å². The zero-order valence-corrected chi connectivity index (χ0v) is 14.1. The number of amides is 1. The molecule has 6 fully saturated rings. The first-order chi connectivity index (χ1) is 11.2. The van der Waals surface area contributed by atoms with Crippen molar-refractivity contribution in [2.45, 2.75) is 39.8 Å². The number of rotatable bonds is 4. The first-order valence-corrected chi connectivity index (χ1v) is 8.60. The molecular formula is C18H19N3O3. The molecule has 0 aromatic carbocycles. The Kier molecular flexibility index (Phi) is 1.90. The number of carbonyl (C=O) groups is 2. The quantitative estimate of drug-likeness (QED) is 0.837. The van der Waals surface area contributed by atoms with Gasteiger partial charge < -0.3 is 10.0 Å².